The van der Waals surface area contributed by atoms with Gasteiger partial charge in [0.25, 0.3) is 0 Å². The van der Waals surface area contributed by atoms with Crippen molar-refractivity contribution in [3.05, 3.63) is 54.1 Å². The molecule has 0 bridgehead atoms. The SMILES string of the molecule is CCOC(Cc1ccc(OCCN(CCCOCC(F)(F)F)C(=O)Oc2cccc(OC)c2)cc1)C(=O)O. The van der Waals surface area contributed by atoms with Crippen LogP contribution in [-0.4, -0.2) is 81.0 Å². The maximum absolute atomic E-state index is 12.8. The van der Waals surface area contributed by atoms with Gasteiger partial charge in [-0.3, -0.25) is 0 Å². The Morgan fingerprint density at radius 1 is 1.00 bits per heavy atom. The Morgan fingerprint density at radius 2 is 1.71 bits per heavy atom. The summed E-state index contributed by atoms with van der Waals surface area (Å²) < 4.78 is 62.9. The zero-order chi connectivity index (χ0) is 28.0. The molecule has 2 aromatic rings. The van der Waals surface area contributed by atoms with Gasteiger partial charge in [-0.1, -0.05) is 18.2 Å². The maximum atomic E-state index is 12.8. The molecule has 0 saturated heterocycles. The summed E-state index contributed by atoms with van der Waals surface area (Å²) in [5, 5.41) is 9.22. The number of methoxy groups -OCH3 is 1. The number of halogens is 3. The second-order valence-corrected chi connectivity index (χ2v) is 8.03. The van der Waals surface area contributed by atoms with Crippen molar-refractivity contribution in [1.29, 1.82) is 0 Å². The Kier molecular flexibility index (Phi) is 12.7. The van der Waals surface area contributed by atoms with Crippen LogP contribution in [0.4, 0.5) is 18.0 Å². The van der Waals surface area contributed by atoms with E-state index in [2.05, 4.69) is 4.74 Å². The van der Waals surface area contributed by atoms with Crippen molar-refractivity contribution in [1.82, 2.24) is 4.90 Å². The van der Waals surface area contributed by atoms with Gasteiger partial charge in [0, 0.05) is 32.2 Å². The summed E-state index contributed by atoms with van der Waals surface area (Å²) in [6.45, 7) is 0.697. The number of hydrogen-bond acceptors (Lipinski definition) is 7. The molecule has 1 amide bonds. The number of aliphatic carboxylic acids is 1. The molecule has 1 N–H and O–H groups in total. The smallest absolute Gasteiger partial charge is 0.415 e. The first-order chi connectivity index (χ1) is 18.1. The van der Waals surface area contributed by atoms with E-state index in [0.717, 1.165) is 5.56 Å². The molecule has 0 spiro atoms. The number of benzene rings is 2. The number of nitrogens with zero attached hydrogens (tertiary/aromatic N) is 1. The zero-order valence-corrected chi connectivity index (χ0v) is 21.2. The predicted octanol–water partition coefficient (Wildman–Crippen LogP) is 4.58. The minimum Gasteiger partial charge on any atom is -0.497 e. The minimum atomic E-state index is -4.42. The Morgan fingerprint density at radius 3 is 2.34 bits per heavy atom. The Labute approximate surface area is 219 Å². The molecule has 2 rings (SSSR count). The molecule has 9 nitrogen and oxygen atoms in total. The molecule has 1 atom stereocenters. The zero-order valence-electron chi connectivity index (χ0n) is 21.2. The third-order valence-corrected chi connectivity index (χ3v) is 5.10. The van der Waals surface area contributed by atoms with Crippen molar-refractivity contribution in [2.24, 2.45) is 0 Å². The predicted molar refractivity (Wildman–Crippen MR) is 131 cm³/mol. The van der Waals surface area contributed by atoms with Crippen molar-refractivity contribution in [2.45, 2.75) is 32.0 Å². The molecule has 0 aliphatic heterocycles. The first-order valence-electron chi connectivity index (χ1n) is 11.9. The number of amides is 1. The van der Waals surface area contributed by atoms with Gasteiger partial charge in [-0.2, -0.15) is 13.2 Å². The van der Waals surface area contributed by atoms with Gasteiger partial charge >= 0.3 is 18.2 Å². The van der Waals surface area contributed by atoms with E-state index in [1.807, 2.05) is 0 Å². The highest BCUT2D eigenvalue weighted by molar-refractivity contribution is 5.72. The van der Waals surface area contributed by atoms with Gasteiger partial charge in [-0.15, -0.1) is 0 Å². The number of carbonyl (C=O) groups is 2. The molecule has 12 heteroatoms. The quantitative estimate of drug-likeness (QED) is 0.307. The summed E-state index contributed by atoms with van der Waals surface area (Å²) in [5.74, 6) is 0.185. The number of ether oxygens (including phenoxy) is 5. The van der Waals surface area contributed by atoms with E-state index in [1.165, 1.54) is 18.1 Å². The van der Waals surface area contributed by atoms with Gasteiger partial charge in [-0.25, -0.2) is 9.59 Å². The van der Waals surface area contributed by atoms with Crippen molar-refractivity contribution >= 4 is 12.1 Å². The van der Waals surface area contributed by atoms with Crippen LogP contribution in [0.25, 0.3) is 0 Å². The van der Waals surface area contributed by atoms with E-state index in [0.29, 0.717) is 11.5 Å². The second-order valence-electron chi connectivity index (χ2n) is 8.03. The molecule has 0 fully saturated rings. The number of carboxylic acid groups (broad SMARTS) is 1. The van der Waals surface area contributed by atoms with E-state index in [1.54, 1.807) is 49.4 Å². The average Bonchev–Trinajstić information content (AvgIpc) is 2.87. The van der Waals surface area contributed by atoms with Crippen molar-refractivity contribution < 1.29 is 51.6 Å². The summed E-state index contributed by atoms with van der Waals surface area (Å²) in [6.07, 6.45) is -5.72. The van der Waals surface area contributed by atoms with Crippen LogP contribution >= 0.6 is 0 Å². The van der Waals surface area contributed by atoms with Crippen LogP contribution in [0.15, 0.2) is 48.5 Å². The Hall–Kier alpha value is -3.51. The standard InChI is InChI=1S/C26H32F3NO8/c1-3-36-23(24(31)32)16-19-8-10-20(11-9-19)37-15-13-30(12-5-14-35-18-26(27,28)29)25(33)38-22-7-4-6-21(17-22)34-2/h4,6-11,17,23H,3,5,12-16,18H2,1-2H3,(H,31,32). The number of carboxylic acids is 1. The van der Waals surface area contributed by atoms with Crippen LogP contribution in [0.5, 0.6) is 17.2 Å². The lowest BCUT2D eigenvalue weighted by Gasteiger charge is -2.22. The first-order valence-corrected chi connectivity index (χ1v) is 11.9. The van der Waals surface area contributed by atoms with Crippen molar-refractivity contribution in [3.63, 3.8) is 0 Å². The van der Waals surface area contributed by atoms with E-state index in [9.17, 15) is 27.9 Å². The van der Waals surface area contributed by atoms with Crippen LogP contribution in [0.3, 0.4) is 0 Å². The minimum absolute atomic E-state index is 0.0761. The molecule has 0 saturated carbocycles. The lowest BCUT2D eigenvalue weighted by molar-refractivity contribution is -0.174. The van der Waals surface area contributed by atoms with E-state index in [4.69, 9.17) is 18.9 Å². The first kappa shape index (κ1) is 30.7. The van der Waals surface area contributed by atoms with Gasteiger partial charge in [0.05, 0.1) is 13.7 Å². The monoisotopic (exact) mass is 543 g/mol. The molecule has 38 heavy (non-hydrogen) atoms. The number of carbonyl (C=O) groups excluding carboxylic acids is 1. The van der Waals surface area contributed by atoms with Gasteiger partial charge in [0.15, 0.2) is 6.10 Å². The summed E-state index contributed by atoms with van der Waals surface area (Å²) in [4.78, 5) is 25.3. The number of alkyl halides is 3. The van der Waals surface area contributed by atoms with Crippen molar-refractivity contribution in [2.75, 3.05) is 46.6 Å². The Balaban J connectivity index is 1.93. The van der Waals surface area contributed by atoms with Gasteiger partial charge in [0.1, 0.15) is 30.5 Å². The van der Waals surface area contributed by atoms with E-state index < -0.39 is 30.9 Å². The summed E-state index contributed by atoms with van der Waals surface area (Å²) in [6, 6.07) is 13.2. The summed E-state index contributed by atoms with van der Waals surface area (Å²) >= 11 is 0. The Bertz CT molecular complexity index is 1000. The molecule has 0 radical (unpaired) electrons. The molecular weight excluding hydrogens is 511 g/mol. The molecule has 2 aromatic carbocycles. The van der Waals surface area contributed by atoms with Crippen LogP contribution in [0, 0.1) is 0 Å². The maximum Gasteiger partial charge on any atom is 0.415 e. The van der Waals surface area contributed by atoms with Crippen LogP contribution in [0.1, 0.15) is 18.9 Å². The molecule has 210 valence electrons. The third-order valence-electron chi connectivity index (χ3n) is 5.10. The fourth-order valence-electron chi connectivity index (χ4n) is 3.30. The number of rotatable bonds is 16. The van der Waals surface area contributed by atoms with Crippen LogP contribution in [-0.2, 0) is 20.7 Å². The topological polar surface area (TPSA) is 104 Å². The van der Waals surface area contributed by atoms with Crippen LogP contribution < -0.4 is 14.2 Å². The highest BCUT2D eigenvalue weighted by Gasteiger charge is 2.27. The van der Waals surface area contributed by atoms with Gasteiger partial charge in [-0.05, 0) is 43.2 Å². The van der Waals surface area contributed by atoms with Crippen molar-refractivity contribution in [3.8, 4) is 17.2 Å². The average molecular weight is 544 g/mol. The van der Waals surface area contributed by atoms with E-state index in [-0.39, 0.29) is 51.5 Å². The third kappa shape index (κ3) is 11.7. The molecule has 1 unspecified atom stereocenters. The normalized spacial score (nSPS) is 12.0. The molecule has 0 heterocycles. The largest absolute Gasteiger partial charge is 0.497 e. The highest BCUT2D eigenvalue weighted by atomic mass is 19.4. The fourth-order valence-corrected chi connectivity index (χ4v) is 3.30. The lowest BCUT2D eigenvalue weighted by atomic mass is 10.1. The fraction of sp³-hybridized carbons (Fsp3) is 0.462. The summed E-state index contributed by atoms with van der Waals surface area (Å²) in [7, 11) is 1.47. The molecule has 0 aliphatic carbocycles. The molecular formula is C26H32F3NO8. The molecule has 0 aliphatic rings. The lowest BCUT2D eigenvalue weighted by Crippen LogP contribution is -2.38. The molecule has 0 aromatic heterocycles. The van der Waals surface area contributed by atoms with Gasteiger partial charge in [0.2, 0.25) is 0 Å². The number of hydrogen-bond donors (Lipinski definition) is 1. The highest BCUT2D eigenvalue weighted by Crippen LogP contribution is 2.20. The summed E-state index contributed by atoms with van der Waals surface area (Å²) in [5.41, 5.74) is 0.751. The second kappa shape index (κ2) is 15.7. The van der Waals surface area contributed by atoms with E-state index >= 15 is 0 Å². The van der Waals surface area contributed by atoms with Gasteiger partial charge < -0.3 is 33.7 Å². The van der Waals surface area contributed by atoms with Crippen LogP contribution in [0.2, 0.25) is 0 Å².